The van der Waals surface area contributed by atoms with Crippen molar-refractivity contribution >= 4 is 23.1 Å². The zero-order chi connectivity index (χ0) is 13.9. The van der Waals surface area contributed by atoms with E-state index in [-0.39, 0.29) is 0 Å². The molecule has 0 bridgehead atoms. The molecule has 104 valence electrons. The summed E-state index contributed by atoms with van der Waals surface area (Å²) in [4.78, 5) is 13.2. The second-order valence-electron chi connectivity index (χ2n) is 4.97. The summed E-state index contributed by atoms with van der Waals surface area (Å²) in [6, 6.07) is 10.1. The van der Waals surface area contributed by atoms with E-state index in [0.29, 0.717) is 0 Å². The Kier molecular flexibility index (Phi) is 3.74. The Morgan fingerprint density at radius 1 is 0.950 bits per heavy atom. The van der Waals surface area contributed by atoms with Gasteiger partial charge in [0.1, 0.15) is 12.1 Å². The summed E-state index contributed by atoms with van der Waals surface area (Å²) < 4.78 is 0. The molecule has 0 amide bonds. The molecule has 1 aromatic heterocycles. The molecule has 1 saturated heterocycles. The second kappa shape index (κ2) is 5.67. The molecular weight excluding hydrogens is 272 g/mol. The molecule has 0 radical (unpaired) electrons. The standard InChI is InChI=1S/C15H17ClN4/c1-12-10-15(18-11-17-12)20-8-6-19(7-9-20)14-4-2-13(16)3-5-14/h2-5,10-11H,6-9H2,1H3. The summed E-state index contributed by atoms with van der Waals surface area (Å²) in [6.45, 7) is 5.92. The van der Waals surface area contributed by atoms with Gasteiger partial charge in [0.05, 0.1) is 0 Å². The normalized spacial score (nSPS) is 15.5. The number of piperazine rings is 1. The fourth-order valence-electron chi connectivity index (χ4n) is 2.46. The highest BCUT2D eigenvalue weighted by molar-refractivity contribution is 6.30. The summed E-state index contributed by atoms with van der Waals surface area (Å²) in [5, 5.41) is 0.781. The molecule has 5 heteroatoms. The first-order valence-corrected chi connectivity index (χ1v) is 7.14. The van der Waals surface area contributed by atoms with Gasteiger partial charge in [0.2, 0.25) is 0 Å². The molecule has 3 rings (SSSR count). The SMILES string of the molecule is Cc1cc(N2CCN(c3ccc(Cl)cc3)CC2)ncn1. The average Bonchev–Trinajstić information content (AvgIpc) is 2.48. The van der Waals surface area contributed by atoms with Gasteiger partial charge in [0, 0.05) is 48.6 Å². The third kappa shape index (κ3) is 2.85. The number of hydrogen-bond donors (Lipinski definition) is 0. The smallest absolute Gasteiger partial charge is 0.132 e. The summed E-state index contributed by atoms with van der Waals surface area (Å²) in [5.41, 5.74) is 2.24. The van der Waals surface area contributed by atoms with Crippen molar-refractivity contribution in [3.8, 4) is 0 Å². The number of aromatic nitrogens is 2. The van der Waals surface area contributed by atoms with Crippen LogP contribution in [0.3, 0.4) is 0 Å². The van der Waals surface area contributed by atoms with Crippen LogP contribution >= 0.6 is 11.6 Å². The lowest BCUT2D eigenvalue weighted by molar-refractivity contribution is 0.646. The number of benzene rings is 1. The van der Waals surface area contributed by atoms with E-state index in [4.69, 9.17) is 11.6 Å². The molecule has 1 aliphatic heterocycles. The Balaban J connectivity index is 1.66. The van der Waals surface area contributed by atoms with Crippen LogP contribution in [0.5, 0.6) is 0 Å². The summed E-state index contributed by atoms with van der Waals surface area (Å²) in [7, 11) is 0. The van der Waals surface area contributed by atoms with Gasteiger partial charge in [-0.05, 0) is 31.2 Å². The van der Waals surface area contributed by atoms with Crippen molar-refractivity contribution in [1.82, 2.24) is 9.97 Å². The van der Waals surface area contributed by atoms with E-state index in [9.17, 15) is 0 Å². The number of anilines is 2. The predicted octanol–water partition coefficient (Wildman–Crippen LogP) is 2.77. The third-order valence-corrected chi connectivity index (χ3v) is 3.84. The van der Waals surface area contributed by atoms with Crippen molar-refractivity contribution in [2.24, 2.45) is 0 Å². The zero-order valence-corrected chi connectivity index (χ0v) is 12.2. The molecule has 0 N–H and O–H groups in total. The Morgan fingerprint density at radius 2 is 1.60 bits per heavy atom. The third-order valence-electron chi connectivity index (χ3n) is 3.58. The van der Waals surface area contributed by atoms with Crippen LogP contribution in [0.4, 0.5) is 11.5 Å². The van der Waals surface area contributed by atoms with E-state index < -0.39 is 0 Å². The van der Waals surface area contributed by atoms with E-state index >= 15 is 0 Å². The zero-order valence-electron chi connectivity index (χ0n) is 11.5. The maximum absolute atomic E-state index is 5.93. The van der Waals surface area contributed by atoms with Crippen LogP contribution in [-0.2, 0) is 0 Å². The van der Waals surface area contributed by atoms with E-state index in [1.54, 1.807) is 6.33 Å². The van der Waals surface area contributed by atoms with Gasteiger partial charge in [-0.1, -0.05) is 11.6 Å². The highest BCUT2D eigenvalue weighted by atomic mass is 35.5. The highest BCUT2D eigenvalue weighted by Gasteiger charge is 2.18. The molecule has 0 spiro atoms. The van der Waals surface area contributed by atoms with Crippen LogP contribution < -0.4 is 9.80 Å². The molecule has 0 unspecified atom stereocenters. The first kappa shape index (κ1) is 13.2. The number of rotatable bonds is 2. The van der Waals surface area contributed by atoms with Gasteiger partial charge in [-0.3, -0.25) is 0 Å². The van der Waals surface area contributed by atoms with Crippen LogP contribution in [0.15, 0.2) is 36.7 Å². The molecule has 1 aliphatic rings. The van der Waals surface area contributed by atoms with Crippen molar-refractivity contribution in [3.63, 3.8) is 0 Å². The first-order valence-electron chi connectivity index (χ1n) is 6.76. The maximum Gasteiger partial charge on any atom is 0.132 e. The second-order valence-corrected chi connectivity index (χ2v) is 5.40. The van der Waals surface area contributed by atoms with E-state index in [1.165, 1.54) is 5.69 Å². The fraction of sp³-hybridized carbons (Fsp3) is 0.333. The largest absolute Gasteiger partial charge is 0.368 e. The Bertz CT molecular complexity index is 577. The van der Waals surface area contributed by atoms with Crippen molar-refractivity contribution in [3.05, 3.63) is 47.4 Å². The lowest BCUT2D eigenvalue weighted by atomic mass is 10.2. The quantitative estimate of drug-likeness (QED) is 0.851. The van der Waals surface area contributed by atoms with Crippen molar-refractivity contribution in [2.45, 2.75) is 6.92 Å². The van der Waals surface area contributed by atoms with E-state index in [0.717, 1.165) is 42.7 Å². The van der Waals surface area contributed by atoms with Gasteiger partial charge < -0.3 is 9.80 Å². The minimum Gasteiger partial charge on any atom is -0.368 e. The van der Waals surface area contributed by atoms with E-state index in [2.05, 4.69) is 31.9 Å². The van der Waals surface area contributed by atoms with Crippen molar-refractivity contribution in [2.75, 3.05) is 36.0 Å². The molecule has 1 fully saturated rings. The monoisotopic (exact) mass is 288 g/mol. The maximum atomic E-state index is 5.93. The lowest BCUT2D eigenvalue weighted by Gasteiger charge is -2.36. The van der Waals surface area contributed by atoms with Crippen LogP contribution in [0.1, 0.15) is 5.69 Å². The number of halogens is 1. The highest BCUT2D eigenvalue weighted by Crippen LogP contribution is 2.21. The lowest BCUT2D eigenvalue weighted by Crippen LogP contribution is -2.46. The average molecular weight is 289 g/mol. The topological polar surface area (TPSA) is 32.3 Å². The van der Waals surface area contributed by atoms with E-state index in [1.807, 2.05) is 25.1 Å². The minimum absolute atomic E-state index is 0.781. The molecule has 0 saturated carbocycles. The molecule has 2 heterocycles. The molecule has 2 aromatic rings. The van der Waals surface area contributed by atoms with Crippen LogP contribution in [0.25, 0.3) is 0 Å². The minimum atomic E-state index is 0.781. The fourth-order valence-corrected chi connectivity index (χ4v) is 2.59. The number of nitrogens with zero attached hydrogens (tertiary/aromatic N) is 4. The van der Waals surface area contributed by atoms with Crippen molar-refractivity contribution < 1.29 is 0 Å². The predicted molar refractivity (Wildman–Crippen MR) is 82.6 cm³/mol. The molecule has 0 aliphatic carbocycles. The van der Waals surface area contributed by atoms with Gasteiger partial charge in [-0.25, -0.2) is 9.97 Å². The van der Waals surface area contributed by atoms with Gasteiger partial charge >= 0.3 is 0 Å². The van der Waals surface area contributed by atoms with Gasteiger partial charge in [-0.15, -0.1) is 0 Å². The molecule has 4 nitrogen and oxygen atoms in total. The summed E-state index contributed by atoms with van der Waals surface area (Å²) in [6.07, 6.45) is 1.64. The van der Waals surface area contributed by atoms with Crippen LogP contribution in [0.2, 0.25) is 5.02 Å². The van der Waals surface area contributed by atoms with Crippen LogP contribution in [-0.4, -0.2) is 36.1 Å². The van der Waals surface area contributed by atoms with Gasteiger partial charge in [-0.2, -0.15) is 0 Å². The molecule has 1 aromatic carbocycles. The van der Waals surface area contributed by atoms with Crippen molar-refractivity contribution in [1.29, 1.82) is 0 Å². The molecular formula is C15H17ClN4. The number of aryl methyl sites for hydroxylation is 1. The molecule has 0 atom stereocenters. The molecule has 20 heavy (non-hydrogen) atoms. The Labute approximate surface area is 124 Å². The number of hydrogen-bond acceptors (Lipinski definition) is 4. The van der Waals surface area contributed by atoms with Crippen LogP contribution in [0, 0.1) is 6.92 Å². The summed E-state index contributed by atoms with van der Waals surface area (Å²) >= 11 is 5.93. The van der Waals surface area contributed by atoms with Gasteiger partial charge in [0.15, 0.2) is 0 Å². The summed E-state index contributed by atoms with van der Waals surface area (Å²) in [5.74, 6) is 1.02. The van der Waals surface area contributed by atoms with Gasteiger partial charge in [0.25, 0.3) is 0 Å². The Morgan fingerprint density at radius 3 is 2.25 bits per heavy atom. The first-order chi connectivity index (χ1) is 9.72. The Hall–Kier alpha value is -1.81.